The summed E-state index contributed by atoms with van der Waals surface area (Å²) in [5.41, 5.74) is 4.35. The first kappa shape index (κ1) is 18.2. The van der Waals surface area contributed by atoms with Crippen molar-refractivity contribution in [2.24, 2.45) is 0 Å². The standard InChI is InChI=1S/C24H26N4O/c1-2-8-18(9-3-1)21(28-12-6-7-13-28)17-25-15-20-16-26-27-24(20)23-14-19-10-4-5-11-22(19)29-23/h1-5,8-11,14,16,21,25H,6-7,12-13,15,17H2,(H,26,27). The van der Waals surface area contributed by atoms with Crippen molar-refractivity contribution >= 4 is 11.0 Å². The van der Waals surface area contributed by atoms with Gasteiger partial charge in [0.25, 0.3) is 0 Å². The summed E-state index contributed by atoms with van der Waals surface area (Å²) in [6.07, 6.45) is 4.48. The molecule has 0 spiro atoms. The van der Waals surface area contributed by atoms with Crippen molar-refractivity contribution in [3.05, 3.63) is 78.0 Å². The van der Waals surface area contributed by atoms with E-state index in [1.807, 2.05) is 24.4 Å². The quantitative estimate of drug-likeness (QED) is 0.481. The maximum absolute atomic E-state index is 6.02. The minimum atomic E-state index is 0.403. The number of benzene rings is 2. The van der Waals surface area contributed by atoms with Gasteiger partial charge in [0.15, 0.2) is 5.76 Å². The first-order valence-corrected chi connectivity index (χ1v) is 10.4. The number of likely N-dealkylation sites (tertiary alicyclic amines) is 1. The van der Waals surface area contributed by atoms with E-state index >= 15 is 0 Å². The Hall–Kier alpha value is -2.89. The summed E-state index contributed by atoms with van der Waals surface area (Å²) in [7, 11) is 0. The molecule has 5 heteroatoms. The van der Waals surface area contributed by atoms with Crippen LogP contribution in [0.25, 0.3) is 22.4 Å². The molecule has 0 bridgehead atoms. The fraction of sp³-hybridized carbons (Fsp3) is 0.292. The molecule has 1 atom stereocenters. The Labute approximate surface area is 170 Å². The van der Waals surface area contributed by atoms with E-state index in [-0.39, 0.29) is 0 Å². The van der Waals surface area contributed by atoms with Crippen molar-refractivity contribution in [3.8, 4) is 11.5 Å². The molecule has 1 aliphatic rings. The minimum Gasteiger partial charge on any atom is -0.454 e. The topological polar surface area (TPSA) is 57.1 Å². The zero-order valence-electron chi connectivity index (χ0n) is 16.5. The first-order valence-electron chi connectivity index (χ1n) is 10.4. The average Bonchev–Trinajstić information content (AvgIpc) is 3.52. The molecule has 3 heterocycles. The van der Waals surface area contributed by atoms with Crippen LogP contribution in [0.1, 0.15) is 30.0 Å². The van der Waals surface area contributed by atoms with Gasteiger partial charge >= 0.3 is 0 Å². The number of H-pyrrole nitrogens is 1. The van der Waals surface area contributed by atoms with Crippen molar-refractivity contribution in [2.75, 3.05) is 19.6 Å². The molecular formula is C24H26N4O. The van der Waals surface area contributed by atoms with Gasteiger partial charge in [-0.3, -0.25) is 10.00 Å². The van der Waals surface area contributed by atoms with Crippen LogP contribution in [0.3, 0.4) is 0 Å². The molecule has 0 saturated carbocycles. The zero-order valence-corrected chi connectivity index (χ0v) is 16.5. The Bertz CT molecular complexity index is 1030. The number of nitrogens with zero attached hydrogens (tertiary/aromatic N) is 2. The van der Waals surface area contributed by atoms with Crippen molar-refractivity contribution in [1.82, 2.24) is 20.4 Å². The molecule has 1 fully saturated rings. The third kappa shape index (κ3) is 3.84. The number of nitrogens with one attached hydrogen (secondary N) is 2. The molecule has 29 heavy (non-hydrogen) atoms. The Morgan fingerprint density at radius 1 is 1.03 bits per heavy atom. The molecule has 0 aliphatic carbocycles. The van der Waals surface area contributed by atoms with Crippen LogP contribution in [0.2, 0.25) is 0 Å². The zero-order chi connectivity index (χ0) is 19.5. The van der Waals surface area contributed by atoms with Gasteiger partial charge in [0.1, 0.15) is 11.3 Å². The molecular weight excluding hydrogens is 360 g/mol. The number of aromatic nitrogens is 2. The second kappa shape index (κ2) is 8.23. The van der Waals surface area contributed by atoms with Gasteiger partial charge in [-0.25, -0.2) is 0 Å². The van der Waals surface area contributed by atoms with Gasteiger partial charge in [0.2, 0.25) is 0 Å². The Kier molecular flexibility index (Phi) is 5.15. The van der Waals surface area contributed by atoms with E-state index in [9.17, 15) is 0 Å². The maximum Gasteiger partial charge on any atom is 0.153 e. The molecule has 2 aromatic carbocycles. The number of hydrogen-bond acceptors (Lipinski definition) is 4. The van der Waals surface area contributed by atoms with Crippen LogP contribution in [-0.2, 0) is 6.54 Å². The third-order valence-electron chi connectivity index (χ3n) is 5.81. The van der Waals surface area contributed by atoms with Crippen LogP contribution in [0, 0.1) is 0 Å². The molecule has 2 aromatic heterocycles. The number of hydrogen-bond donors (Lipinski definition) is 2. The molecule has 148 valence electrons. The lowest BCUT2D eigenvalue weighted by atomic mass is 10.1. The van der Waals surface area contributed by atoms with Gasteiger partial charge in [-0.05, 0) is 43.6 Å². The lowest BCUT2D eigenvalue weighted by Crippen LogP contribution is -2.34. The SMILES string of the molecule is c1ccc(C(CNCc2cn[nH]c2-c2cc3ccccc3o2)N2CCCC2)cc1. The van der Waals surface area contributed by atoms with E-state index in [1.54, 1.807) is 0 Å². The summed E-state index contributed by atoms with van der Waals surface area (Å²) in [4.78, 5) is 2.60. The van der Waals surface area contributed by atoms with E-state index < -0.39 is 0 Å². The van der Waals surface area contributed by atoms with Crippen LogP contribution in [0.4, 0.5) is 0 Å². The molecule has 4 aromatic rings. The molecule has 1 aliphatic heterocycles. The third-order valence-corrected chi connectivity index (χ3v) is 5.81. The summed E-state index contributed by atoms with van der Waals surface area (Å²) in [5, 5.41) is 12.1. The van der Waals surface area contributed by atoms with E-state index in [4.69, 9.17) is 4.42 Å². The van der Waals surface area contributed by atoms with Crippen LogP contribution < -0.4 is 5.32 Å². The van der Waals surface area contributed by atoms with E-state index in [1.165, 1.54) is 31.5 Å². The van der Waals surface area contributed by atoms with Crippen molar-refractivity contribution in [1.29, 1.82) is 0 Å². The average molecular weight is 386 g/mol. The fourth-order valence-electron chi connectivity index (χ4n) is 4.29. The minimum absolute atomic E-state index is 0.403. The molecule has 5 nitrogen and oxygen atoms in total. The predicted octanol–water partition coefficient (Wildman–Crippen LogP) is 4.75. The summed E-state index contributed by atoms with van der Waals surface area (Å²) < 4.78 is 6.02. The summed E-state index contributed by atoms with van der Waals surface area (Å²) in [6.45, 7) is 4.02. The maximum atomic E-state index is 6.02. The normalized spacial score (nSPS) is 15.9. The highest BCUT2D eigenvalue weighted by molar-refractivity contribution is 5.82. The van der Waals surface area contributed by atoms with E-state index in [0.29, 0.717) is 6.04 Å². The number of rotatable bonds is 7. The second-order valence-corrected chi connectivity index (χ2v) is 7.72. The highest BCUT2D eigenvalue weighted by Gasteiger charge is 2.23. The second-order valence-electron chi connectivity index (χ2n) is 7.72. The first-order chi connectivity index (χ1) is 14.4. The number of para-hydroxylation sites is 1. The van der Waals surface area contributed by atoms with Crippen molar-refractivity contribution in [3.63, 3.8) is 0 Å². The number of aromatic amines is 1. The monoisotopic (exact) mass is 386 g/mol. The largest absolute Gasteiger partial charge is 0.454 e. The van der Waals surface area contributed by atoms with Crippen molar-refractivity contribution < 1.29 is 4.42 Å². The van der Waals surface area contributed by atoms with Crippen LogP contribution in [0.15, 0.2) is 71.3 Å². The Morgan fingerprint density at radius 3 is 2.66 bits per heavy atom. The molecule has 2 N–H and O–H groups in total. The number of fused-ring (bicyclic) bond motifs is 1. The van der Waals surface area contributed by atoms with Crippen LogP contribution in [0.5, 0.6) is 0 Å². The smallest absolute Gasteiger partial charge is 0.153 e. The van der Waals surface area contributed by atoms with E-state index in [0.717, 1.165) is 41.1 Å². The van der Waals surface area contributed by atoms with Gasteiger partial charge in [-0.1, -0.05) is 48.5 Å². The van der Waals surface area contributed by atoms with Gasteiger partial charge in [-0.15, -0.1) is 0 Å². The highest BCUT2D eigenvalue weighted by atomic mass is 16.3. The molecule has 1 saturated heterocycles. The summed E-state index contributed by atoms with van der Waals surface area (Å²) in [6, 6.07) is 21.4. The summed E-state index contributed by atoms with van der Waals surface area (Å²) >= 11 is 0. The molecule has 5 rings (SSSR count). The van der Waals surface area contributed by atoms with E-state index in [2.05, 4.69) is 62.9 Å². The lowest BCUT2D eigenvalue weighted by molar-refractivity contribution is 0.238. The highest BCUT2D eigenvalue weighted by Crippen LogP contribution is 2.29. The molecule has 0 amide bonds. The number of furan rings is 1. The predicted molar refractivity (Wildman–Crippen MR) is 115 cm³/mol. The summed E-state index contributed by atoms with van der Waals surface area (Å²) in [5.74, 6) is 0.833. The van der Waals surface area contributed by atoms with Gasteiger partial charge in [-0.2, -0.15) is 5.10 Å². The van der Waals surface area contributed by atoms with Gasteiger partial charge < -0.3 is 9.73 Å². The lowest BCUT2D eigenvalue weighted by Gasteiger charge is -2.28. The van der Waals surface area contributed by atoms with Gasteiger partial charge in [0, 0.05) is 30.1 Å². The van der Waals surface area contributed by atoms with Gasteiger partial charge in [0.05, 0.1) is 6.20 Å². The Morgan fingerprint density at radius 2 is 1.83 bits per heavy atom. The van der Waals surface area contributed by atoms with Crippen LogP contribution >= 0.6 is 0 Å². The fourth-order valence-corrected chi connectivity index (χ4v) is 4.29. The van der Waals surface area contributed by atoms with Crippen LogP contribution in [-0.4, -0.2) is 34.7 Å². The Balaban J connectivity index is 1.30. The molecule has 0 radical (unpaired) electrons. The molecule has 1 unspecified atom stereocenters. The van der Waals surface area contributed by atoms with Crippen molar-refractivity contribution in [2.45, 2.75) is 25.4 Å².